The van der Waals surface area contributed by atoms with Crippen molar-refractivity contribution >= 4 is 21.8 Å². The summed E-state index contributed by atoms with van der Waals surface area (Å²) >= 11 is 0. The fraction of sp³-hybridized carbons (Fsp3) is 0.118. The lowest BCUT2D eigenvalue weighted by molar-refractivity contribution is 0.398. The predicted octanol–water partition coefficient (Wildman–Crippen LogP) is 2.28. The van der Waals surface area contributed by atoms with Crippen LogP contribution in [0.5, 0.6) is 11.6 Å². The summed E-state index contributed by atoms with van der Waals surface area (Å²) in [6.07, 6.45) is 3.18. The number of nitrogens with zero attached hydrogens (tertiary/aromatic N) is 3. The number of benzene rings is 1. The Morgan fingerprint density at radius 2 is 1.92 bits per heavy atom. The molecule has 120 valence electrons. The second kappa shape index (κ2) is 5.38. The largest absolute Gasteiger partial charge is 0.497 e. The van der Waals surface area contributed by atoms with Crippen LogP contribution in [0.2, 0.25) is 0 Å². The molecular weight excluding hydrogens is 308 g/mol. The van der Waals surface area contributed by atoms with Crippen molar-refractivity contribution in [3.63, 3.8) is 0 Å². The van der Waals surface area contributed by atoms with E-state index in [2.05, 4.69) is 15.1 Å². The van der Waals surface area contributed by atoms with Crippen LogP contribution in [-0.2, 0) is 0 Å². The number of pyridine rings is 2. The zero-order chi connectivity index (χ0) is 16.7. The molecule has 0 aliphatic rings. The molecule has 3 aromatic heterocycles. The minimum atomic E-state index is -0.177. The van der Waals surface area contributed by atoms with Crippen LogP contribution in [0.1, 0.15) is 0 Å². The molecule has 3 heterocycles. The summed E-state index contributed by atoms with van der Waals surface area (Å²) < 4.78 is 11.9. The first-order valence-electron chi connectivity index (χ1n) is 7.29. The molecule has 24 heavy (non-hydrogen) atoms. The maximum absolute atomic E-state index is 12.7. The molecule has 4 aromatic rings. The number of aromatic amines is 1. The molecule has 0 aliphatic heterocycles. The van der Waals surface area contributed by atoms with E-state index < -0.39 is 0 Å². The van der Waals surface area contributed by atoms with Gasteiger partial charge in [0.1, 0.15) is 5.75 Å². The van der Waals surface area contributed by atoms with Crippen LogP contribution in [-0.4, -0.2) is 34.0 Å². The second-order valence-electron chi connectivity index (χ2n) is 5.24. The van der Waals surface area contributed by atoms with Crippen molar-refractivity contribution < 1.29 is 9.47 Å². The van der Waals surface area contributed by atoms with Crippen LogP contribution < -0.4 is 15.0 Å². The van der Waals surface area contributed by atoms with Crippen molar-refractivity contribution in [2.75, 3.05) is 14.2 Å². The molecule has 0 saturated heterocycles. The van der Waals surface area contributed by atoms with Crippen LogP contribution in [0.4, 0.5) is 0 Å². The van der Waals surface area contributed by atoms with E-state index in [9.17, 15) is 4.79 Å². The molecule has 0 saturated carbocycles. The molecule has 0 amide bonds. The molecule has 0 atom stereocenters. The monoisotopic (exact) mass is 322 g/mol. The van der Waals surface area contributed by atoms with Gasteiger partial charge in [0.05, 0.1) is 42.5 Å². The molecule has 0 unspecified atom stereocenters. The fourth-order valence-corrected chi connectivity index (χ4v) is 2.68. The quantitative estimate of drug-likeness (QED) is 0.626. The van der Waals surface area contributed by atoms with Crippen LogP contribution >= 0.6 is 0 Å². The van der Waals surface area contributed by atoms with Gasteiger partial charge in [-0.1, -0.05) is 6.07 Å². The van der Waals surface area contributed by atoms with Gasteiger partial charge in [-0.25, -0.2) is 9.67 Å². The third kappa shape index (κ3) is 2.10. The molecule has 0 aliphatic carbocycles. The Bertz CT molecular complexity index is 1110. The van der Waals surface area contributed by atoms with Gasteiger partial charge in [-0.3, -0.25) is 14.9 Å². The number of aromatic nitrogens is 4. The Labute approximate surface area is 136 Å². The lowest BCUT2D eigenvalue weighted by Crippen LogP contribution is -2.14. The van der Waals surface area contributed by atoms with Gasteiger partial charge in [0.2, 0.25) is 5.88 Å². The standard InChI is InChI=1S/C17H14N4O3/c1-23-11-5-3-4-10(6-11)21-17(22)13-8-18-14-9-19-15(24-2)7-12(14)16(13)20-21/h3-9,20H,1-2H3. The van der Waals surface area contributed by atoms with Gasteiger partial charge in [0, 0.05) is 23.7 Å². The van der Waals surface area contributed by atoms with E-state index in [-0.39, 0.29) is 5.56 Å². The average Bonchev–Trinajstić information content (AvgIpc) is 2.98. The van der Waals surface area contributed by atoms with Crippen LogP contribution in [0, 0.1) is 0 Å². The maximum atomic E-state index is 12.7. The molecule has 0 radical (unpaired) electrons. The molecule has 1 aromatic carbocycles. The number of fused-ring (bicyclic) bond motifs is 3. The third-order valence-electron chi connectivity index (χ3n) is 3.91. The molecule has 4 rings (SSSR count). The summed E-state index contributed by atoms with van der Waals surface area (Å²) in [5.41, 5.74) is 1.88. The average molecular weight is 322 g/mol. The number of nitrogens with one attached hydrogen (secondary N) is 1. The molecule has 1 N–H and O–H groups in total. The Kier molecular flexibility index (Phi) is 3.19. The number of ether oxygens (including phenoxy) is 2. The smallest absolute Gasteiger partial charge is 0.280 e. The summed E-state index contributed by atoms with van der Waals surface area (Å²) in [5, 5.41) is 4.43. The van der Waals surface area contributed by atoms with Crippen molar-refractivity contribution in [3.05, 3.63) is 53.1 Å². The molecule has 0 spiro atoms. The zero-order valence-corrected chi connectivity index (χ0v) is 13.1. The van der Waals surface area contributed by atoms with E-state index in [4.69, 9.17) is 9.47 Å². The van der Waals surface area contributed by atoms with Gasteiger partial charge in [-0.05, 0) is 12.1 Å². The van der Waals surface area contributed by atoms with E-state index in [1.165, 1.54) is 4.68 Å². The first-order chi connectivity index (χ1) is 11.7. The fourth-order valence-electron chi connectivity index (χ4n) is 2.68. The van der Waals surface area contributed by atoms with E-state index in [0.29, 0.717) is 33.7 Å². The van der Waals surface area contributed by atoms with Crippen LogP contribution in [0.25, 0.3) is 27.5 Å². The summed E-state index contributed by atoms with van der Waals surface area (Å²) in [6.45, 7) is 0. The van der Waals surface area contributed by atoms with E-state index in [0.717, 1.165) is 5.39 Å². The van der Waals surface area contributed by atoms with Gasteiger partial charge in [-0.15, -0.1) is 0 Å². The number of H-pyrrole nitrogens is 1. The lowest BCUT2D eigenvalue weighted by atomic mass is 10.2. The highest BCUT2D eigenvalue weighted by atomic mass is 16.5. The first-order valence-corrected chi connectivity index (χ1v) is 7.29. The zero-order valence-electron chi connectivity index (χ0n) is 13.1. The van der Waals surface area contributed by atoms with Crippen molar-refractivity contribution in [1.82, 2.24) is 19.7 Å². The Morgan fingerprint density at radius 3 is 2.71 bits per heavy atom. The van der Waals surface area contributed by atoms with Gasteiger partial charge < -0.3 is 9.47 Å². The van der Waals surface area contributed by atoms with Crippen molar-refractivity contribution in [2.24, 2.45) is 0 Å². The summed E-state index contributed by atoms with van der Waals surface area (Å²) in [7, 11) is 3.13. The SMILES string of the molecule is COc1cccc(-n2[nH]c3c(cnc4cnc(OC)cc43)c2=O)c1. The van der Waals surface area contributed by atoms with Crippen LogP contribution in [0.3, 0.4) is 0 Å². The van der Waals surface area contributed by atoms with E-state index >= 15 is 0 Å². The Hall–Kier alpha value is -3.35. The van der Waals surface area contributed by atoms with Gasteiger partial charge in [-0.2, -0.15) is 0 Å². The first kappa shape index (κ1) is 14.3. The third-order valence-corrected chi connectivity index (χ3v) is 3.91. The molecular formula is C17H14N4O3. The number of hydrogen-bond donors (Lipinski definition) is 1. The molecule has 7 nitrogen and oxygen atoms in total. The second-order valence-corrected chi connectivity index (χ2v) is 5.24. The minimum absolute atomic E-state index is 0.177. The number of rotatable bonds is 3. The van der Waals surface area contributed by atoms with Crippen molar-refractivity contribution in [2.45, 2.75) is 0 Å². The normalized spacial score (nSPS) is 11.1. The highest BCUT2D eigenvalue weighted by Crippen LogP contribution is 2.24. The summed E-state index contributed by atoms with van der Waals surface area (Å²) in [5.74, 6) is 1.14. The Balaban J connectivity index is 2.02. The van der Waals surface area contributed by atoms with Crippen LogP contribution in [0.15, 0.2) is 47.5 Å². The highest BCUT2D eigenvalue weighted by Gasteiger charge is 2.13. The van der Waals surface area contributed by atoms with E-state index in [1.807, 2.05) is 18.2 Å². The Morgan fingerprint density at radius 1 is 1.04 bits per heavy atom. The minimum Gasteiger partial charge on any atom is -0.497 e. The summed E-state index contributed by atoms with van der Waals surface area (Å²) in [4.78, 5) is 21.2. The van der Waals surface area contributed by atoms with Gasteiger partial charge in [0.15, 0.2) is 0 Å². The van der Waals surface area contributed by atoms with E-state index in [1.54, 1.807) is 38.7 Å². The molecule has 0 fully saturated rings. The lowest BCUT2D eigenvalue weighted by Gasteiger charge is -2.04. The van der Waals surface area contributed by atoms with Crippen molar-refractivity contribution in [3.8, 4) is 17.3 Å². The maximum Gasteiger partial charge on any atom is 0.280 e. The van der Waals surface area contributed by atoms with Gasteiger partial charge in [0.25, 0.3) is 5.56 Å². The predicted molar refractivity (Wildman–Crippen MR) is 90.1 cm³/mol. The summed E-state index contributed by atoms with van der Waals surface area (Å²) in [6, 6.07) is 9.03. The number of hydrogen-bond acceptors (Lipinski definition) is 5. The highest BCUT2D eigenvalue weighted by molar-refractivity contribution is 6.02. The van der Waals surface area contributed by atoms with Gasteiger partial charge >= 0.3 is 0 Å². The topological polar surface area (TPSA) is 82.0 Å². The van der Waals surface area contributed by atoms with Crippen molar-refractivity contribution in [1.29, 1.82) is 0 Å². The number of methoxy groups -OCH3 is 2. The molecule has 0 bridgehead atoms. The molecule has 7 heteroatoms.